The molecule has 0 aliphatic carbocycles. The fourth-order valence-corrected chi connectivity index (χ4v) is 9.48. The zero-order valence-electron chi connectivity index (χ0n) is 31.2. The highest BCUT2D eigenvalue weighted by atomic mass is 16.3. The van der Waals surface area contributed by atoms with Gasteiger partial charge in [0.15, 0.2) is 0 Å². The number of nitrogens with zero attached hydrogens (tertiary/aromatic N) is 2. The van der Waals surface area contributed by atoms with Gasteiger partial charge in [-0.2, -0.15) is 0 Å². The predicted octanol–water partition coefficient (Wildman–Crippen LogP) is 15.0. The number of hydrogen-bond donors (Lipinski definition) is 0. The van der Waals surface area contributed by atoms with Gasteiger partial charge in [0.2, 0.25) is 0 Å². The Kier molecular flexibility index (Phi) is 6.41. The van der Waals surface area contributed by atoms with Gasteiger partial charge in [0.25, 0.3) is 0 Å². The first-order chi connectivity index (χ1) is 28.7. The summed E-state index contributed by atoms with van der Waals surface area (Å²) in [4.78, 5) is 0. The Morgan fingerprint density at radius 1 is 0.276 bits per heavy atom. The van der Waals surface area contributed by atoms with Gasteiger partial charge in [-0.15, -0.1) is 0 Å². The number of para-hydroxylation sites is 5. The maximum absolute atomic E-state index is 6.83. The predicted molar refractivity (Wildman–Crippen MR) is 241 cm³/mol. The highest BCUT2D eigenvalue weighted by Gasteiger charge is 2.19. The minimum atomic E-state index is 0.847. The molecule has 13 rings (SSSR count). The molecule has 0 fully saturated rings. The van der Waals surface area contributed by atoms with E-state index in [0.29, 0.717) is 0 Å². The summed E-state index contributed by atoms with van der Waals surface area (Å²) in [7, 11) is 0. The minimum absolute atomic E-state index is 0.847. The summed E-state index contributed by atoms with van der Waals surface area (Å²) >= 11 is 0. The number of furan rings is 2. The van der Waals surface area contributed by atoms with Crippen LogP contribution in [-0.4, -0.2) is 9.13 Å². The van der Waals surface area contributed by atoms with E-state index in [-0.39, 0.29) is 0 Å². The van der Waals surface area contributed by atoms with E-state index in [0.717, 1.165) is 77.5 Å². The summed E-state index contributed by atoms with van der Waals surface area (Å²) in [5.41, 5.74) is 15.0. The zero-order valence-corrected chi connectivity index (χ0v) is 31.2. The van der Waals surface area contributed by atoms with Gasteiger partial charge in [-0.1, -0.05) is 109 Å². The molecular formula is C54H32N2O2. The Hall–Kier alpha value is -7.82. The summed E-state index contributed by atoms with van der Waals surface area (Å²) in [5, 5.41) is 9.15. The van der Waals surface area contributed by atoms with Crippen LogP contribution in [0.5, 0.6) is 0 Å². The van der Waals surface area contributed by atoms with Crippen molar-refractivity contribution in [3.8, 4) is 33.6 Å². The molecule has 0 saturated carbocycles. The molecule has 0 aliphatic heterocycles. The third kappa shape index (κ3) is 4.45. The molecule has 9 aromatic carbocycles. The lowest BCUT2D eigenvalue weighted by molar-refractivity contribution is 0.664. The van der Waals surface area contributed by atoms with Gasteiger partial charge in [-0.3, -0.25) is 0 Å². The van der Waals surface area contributed by atoms with E-state index in [1.165, 1.54) is 43.6 Å². The first-order valence-electron chi connectivity index (χ1n) is 19.7. The highest BCUT2D eigenvalue weighted by Crippen LogP contribution is 2.43. The highest BCUT2D eigenvalue weighted by molar-refractivity contribution is 6.18. The van der Waals surface area contributed by atoms with Crippen LogP contribution in [-0.2, 0) is 0 Å². The second kappa shape index (κ2) is 11.8. The van der Waals surface area contributed by atoms with E-state index in [9.17, 15) is 0 Å². The Morgan fingerprint density at radius 3 is 1.40 bits per heavy atom. The lowest BCUT2D eigenvalue weighted by Gasteiger charge is -2.08. The Morgan fingerprint density at radius 2 is 0.741 bits per heavy atom. The molecule has 0 amide bonds. The van der Waals surface area contributed by atoms with E-state index in [1.807, 2.05) is 0 Å². The van der Waals surface area contributed by atoms with Crippen molar-refractivity contribution in [3.05, 3.63) is 194 Å². The van der Waals surface area contributed by atoms with Gasteiger partial charge in [0.05, 0.1) is 22.1 Å². The quantitative estimate of drug-likeness (QED) is 0.180. The maximum atomic E-state index is 6.83. The van der Waals surface area contributed by atoms with Crippen molar-refractivity contribution in [2.24, 2.45) is 0 Å². The van der Waals surface area contributed by atoms with Crippen LogP contribution in [0.1, 0.15) is 0 Å². The van der Waals surface area contributed by atoms with E-state index >= 15 is 0 Å². The van der Waals surface area contributed by atoms with Gasteiger partial charge in [-0.25, -0.2) is 0 Å². The summed E-state index contributed by atoms with van der Waals surface area (Å²) in [6.45, 7) is 0. The smallest absolute Gasteiger partial charge is 0.143 e. The van der Waals surface area contributed by atoms with E-state index in [1.54, 1.807) is 0 Å². The van der Waals surface area contributed by atoms with Crippen LogP contribution < -0.4 is 0 Å². The lowest BCUT2D eigenvalue weighted by Crippen LogP contribution is -1.92. The second-order valence-corrected chi connectivity index (χ2v) is 15.3. The molecule has 0 radical (unpaired) electrons. The summed E-state index contributed by atoms with van der Waals surface area (Å²) in [5.74, 6) is 0. The van der Waals surface area contributed by atoms with Gasteiger partial charge < -0.3 is 18.0 Å². The molecule has 4 heteroatoms. The molecule has 0 atom stereocenters. The van der Waals surface area contributed by atoms with Gasteiger partial charge in [-0.05, 0) is 102 Å². The molecule has 0 bridgehead atoms. The monoisotopic (exact) mass is 740 g/mol. The van der Waals surface area contributed by atoms with Crippen molar-refractivity contribution in [1.29, 1.82) is 0 Å². The molecule has 4 aromatic heterocycles. The van der Waals surface area contributed by atoms with Crippen LogP contribution in [0.4, 0.5) is 0 Å². The van der Waals surface area contributed by atoms with Gasteiger partial charge in [0.1, 0.15) is 22.3 Å². The third-order valence-corrected chi connectivity index (χ3v) is 12.1. The van der Waals surface area contributed by atoms with E-state index in [4.69, 9.17) is 8.83 Å². The Bertz CT molecular complexity index is 3790. The molecule has 13 aromatic rings. The van der Waals surface area contributed by atoms with Crippen molar-refractivity contribution in [3.63, 3.8) is 0 Å². The number of fused-ring (bicyclic) bond motifs is 12. The average molecular weight is 741 g/mol. The molecule has 4 heterocycles. The fourth-order valence-electron chi connectivity index (χ4n) is 9.48. The SMILES string of the molecule is c1ccc(-n2c3ccccc3c3cc(-c4ccc5oc6cc7c(cc6c5c4)oc4c(-c5ccc6c(c5)c5ccccc5n6-c5ccccc5)cccc47)ccc32)cc1. The van der Waals surface area contributed by atoms with Crippen LogP contribution >= 0.6 is 0 Å². The standard InChI is InChI=1S/C54H32N2O2/c1-3-12-36(13-4-1)55-47-20-9-7-16-39(47)42-28-33(22-25-49(42)55)34-24-27-51-44(29-34)46-32-53-45(31-52(46)57-51)41-19-11-18-38(54(41)58-53)35-23-26-50-43(30-35)40-17-8-10-21-48(40)56(50)37-14-5-2-6-15-37/h1-32H. The van der Waals surface area contributed by atoms with Gasteiger partial charge in [0, 0.05) is 60.0 Å². The van der Waals surface area contributed by atoms with Gasteiger partial charge >= 0.3 is 0 Å². The number of hydrogen-bond acceptors (Lipinski definition) is 2. The summed E-state index contributed by atoms with van der Waals surface area (Å²) < 4.78 is 18.1. The molecule has 0 unspecified atom stereocenters. The van der Waals surface area contributed by atoms with E-state index < -0.39 is 0 Å². The number of rotatable bonds is 4. The van der Waals surface area contributed by atoms with Crippen molar-refractivity contribution in [1.82, 2.24) is 9.13 Å². The summed E-state index contributed by atoms with van der Waals surface area (Å²) in [6.07, 6.45) is 0. The Balaban J connectivity index is 0.945. The van der Waals surface area contributed by atoms with Crippen molar-refractivity contribution in [2.75, 3.05) is 0 Å². The van der Waals surface area contributed by atoms with E-state index in [2.05, 4.69) is 203 Å². The number of benzene rings is 9. The first kappa shape index (κ1) is 31.4. The first-order valence-corrected chi connectivity index (χ1v) is 19.7. The minimum Gasteiger partial charge on any atom is -0.456 e. The Labute approximate surface area is 332 Å². The van der Waals surface area contributed by atoms with Crippen molar-refractivity contribution >= 4 is 87.5 Å². The normalized spacial score (nSPS) is 12.1. The molecule has 0 spiro atoms. The molecular weight excluding hydrogens is 709 g/mol. The number of aromatic nitrogens is 2. The van der Waals surface area contributed by atoms with Crippen LogP contribution in [0.2, 0.25) is 0 Å². The molecule has 0 aliphatic rings. The molecule has 270 valence electrons. The third-order valence-electron chi connectivity index (χ3n) is 12.1. The molecule has 58 heavy (non-hydrogen) atoms. The van der Waals surface area contributed by atoms with Crippen LogP contribution in [0.15, 0.2) is 203 Å². The summed E-state index contributed by atoms with van der Waals surface area (Å²) in [6, 6.07) is 69.4. The molecule has 0 saturated heterocycles. The van der Waals surface area contributed by atoms with Crippen molar-refractivity contribution in [2.45, 2.75) is 0 Å². The van der Waals surface area contributed by atoms with Crippen molar-refractivity contribution < 1.29 is 8.83 Å². The zero-order chi connectivity index (χ0) is 37.9. The average Bonchev–Trinajstić information content (AvgIpc) is 4.03. The van der Waals surface area contributed by atoms with Crippen LogP contribution in [0, 0.1) is 0 Å². The largest absolute Gasteiger partial charge is 0.456 e. The maximum Gasteiger partial charge on any atom is 0.143 e. The topological polar surface area (TPSA) is 36.1 Å². The van der Waals surface area contributed by atoms with Crippen LogP contribution in [0.25, 0.3) is 121 Å². The van der Waals surface area contributed by atoms with Crippen LogP contribution in [0.3, 0.4) is 0 Å². The lowest BCUT2D eigenvalue weighted by atomic mass is 9.99. The second-order valence-electron chi connectivity index (χ2n) is 15.3. The molecule has 0 N–H and O–H groups in total. The molecule has 4 nitrogen and oxygen atoms in total. The fraction of sp³-hybridized carbons (Fsp3) is 0.